The van der Waals surface area contributed by atoms with Crippen LogP contribution in [0.25, 0.3) is 0 Å². The highest BCUT2D eigenvalue weighted by Gasteiger charge is 2.36. The second kappa shape index (κ2) is 4.21. The third kappa shape index (κ3) is 1.73. The Hall–Kier alpha value is -1.06. The molecule has 0 fully saturated rings. The van der Waals surface area contributed by atoms with Crippen LogP contribution in [0.3, 0.4) is 0 Å². The monoisotopic (exact) mass is 207 g/mol. The summed E-state index contributed by atoms with van der Waals surface area (Å²) in [4.78, 5) is 0. The average molecular weight is 207 g/mol. The highest BCUT2D eigenvalue weighted by atomic mass is 16.5. The molecule has 1 aliphatic heterocycles. The molecule has 1 heterocycles. The van der Waals surface area contributed by atoms with Gasteiger partial charge in [-0.25, -0.2) is 0 Å². The van der Waals surface area contributed by atoms with Gasteiger partial charge in [0.05, 0.1) is 18.8 Å². The van der Waals surface area contributed by atoms with E-state index in [9.17, 15) is 5.11 Å². The van der Waals surface area contributed by atoms with Gasteiger partial charge < -0.3 is 15.2 Å². The number of hydrogen-bond acceptors (Lipinski definition) is 3. The van der Waals surface area contributed by atoms with Crippen LogP contribution in [0.5, 0.6) is 5.75 Å². The van der Waals surface area contributed by atoms with Crippen LogP contribution in [-0.4, -0.2) is 24.9 Å². The quantitative estimate of drug-likeness (QED) is 0.784. The Morgan fingerprint density at radius 1 is 1.47 bits per heavy atom. The second-order valence-corrected chi connectivity index (χ2v) is 3.87. The Labute approximate surface area is 90.1 Å². The van der Waals surface area contributed by atoms with Crippen LogP contribution in [0, 0.1) is 0 Å². The molecule has 15 heavy (non-hydrogen) atoms. The molecule has 0 aliphatic carbocycles. The van der Waals surface area contributed by atoms with E-state index < -0.39 is 0 Å². The van der Waals surface area contributed by atoms with Crippen molar-refractivity contribution in [3.8, 4) is 5.75 Å². The van der Waals surface area contributed by atoms with E-state index in [0.717, 1.165) is 24.3 Å². The number of rotatable bonds is 3. The predicted octanol–water partition coefficient (Wildman–Crippen LogP) is 1.27. The topological polar surface area (TPSA) is 41.5 Å². The Kier molecular flexibility index (Phi) is 2.93. The van der Waals surface area contributed by atoms with E-state index in [2.05, 4.69) is 12.2 Å². The maximum atomic E-state index is 9.60. The van der Waals surface area contributed by atoms with E-state index in [1.54, 1.807) is 0 Å². The number of nitrogens with one attached hydrogen (secondary N) is 1. The van der Waals surface area contributed by atoms with Crippen LogP contribution in [-0.2, 0) is 5.54 Å². The van der Waals surface area contributed by atoms with Crippen molar-refractivity contribution in [1.82, 2.24) is 5.32 Å². The van der Waals surface area contributed by atoms with Crippen LogP contribution in [0.15, 0.2) is 24.3 Å². The maximum Gasteiger partial charge on any atom is 0.124 e. The van der Waals surface area contributed by atoms with Gasteiger partial charge in [0, 0.05) is 12.0 Å². The molecule has 3 nitrogen and oxygen atoms in total. The van der Waals surface area contributed by atoms with Crippen molar-refractivity contribution < 1.29 is 9.84 Å². The number of benzene rings is 1. The molecule has 1 unspecified atom stereocenters. The van der Waals surface area contributed by atoms with Gasteiger partial charge in [-0.3, -0.25) is 0 Å². The smallest absolute Gasteiger partial charge is 0.124 e. The molecule has 2 N–H and O–H groups in total. The fraction of sp³-hybridized carbons (Fsp3) is 0.500. The molecule has 1 aliphatic rings. The molecule has 0 saturated heterocycles. The van der Waals surface area contributed by atoms with Crippen LogP contribution in [0.1, 0.15) is 18.9 Å². The summed E-state index contributed by atoms with van der Waals surface area (Å²) in [5.74, 6) is 0.888. The molecule has 0 aromatic heterocycles. The highest BCUT2D eigenvalue weighted by molar-refractivity contribution is 5.41. The number of likely N-dealkylation sites (N-methyl/N-ethyl adjacent to an activating group) is 1. The molecule has 3 heteroatoms. The lowest BCUT2D eigenvalue weighted by Crippen LogP contribution is -2.48. The summed E-state index contributed by atoms with van der Waals surface area (Å²) < 4.78 is 5.58. The molecule has 0 spiro atoms. The van der Waals surface area contributed by atoms with E-state index in [1.165, 1.54) is 0 Å². The summed E-state index contributed by atoms with van der Waals surface area (Å²) in [7, 11) is 0. The Morgan fingerprint density at radius 3 is 3.00 bits per heavy atom. The molecule has 1 aromatic rings. The molecule has 2 rings (SSSR count). The van der Waals surface area contributed by atoms with Gasteiger partial charge in [0.15, 0.2) is 0 Å². The SMILES string of the molecule is CCNC1(CO)CCOc2ccccc21. The van der Waals surface area contributed by atoms with E-state index in [-0.39, 0.29) is 12.1 Å². The molecule has 0 bridgehead atoms. The second-order valence-electron chi connectivity index (χ2n) is 3.87. The molecule has 82 valence electrons. The van der Waals surface area contributed by atoms with Crippen molar-refractivity contribution in [1.29, 1.82) is 0 Å². The Morgan fingerprint density at radius 2 is 2.27 bits per heavy atom. The van der Waals surface area contributed by atoms with Gasteiger partial charge in [-0.1, -0.05) is 25.1 Å². The van der Waals surface area contributed by atoms with E-state index in [1.807, 2.05) is 24.3 Å². The van der Waals surface area contributed by atoms with Crippen molar-refractivity contribution >= 4 is 0 Å². The Bertz CT molecular complexity index is 340. The van der Waals surface area contributed by atoms with Crippen LogP contribution in [0.4, 0.5) is 0 Å². The van der Waals surface area contributed by atoms with Crippen LogP contribution >= 0.6 is 0 Å². The molecule has 1 aromatic carbocycles. The number of para-hydroxylation sites is 1. The van der Waals surface area contributed by atoms with Crippen molar-refractivity contribution in [2.75, 3.05) is 19.8 Å². The summed E-state index contributed by atoms with van der Waals surface area (Å²) in [6.07, 6.45) is 0.814. The fourth-order valence-electron chi connectivity index (χ4n) is 2.20. The molecular formula is C12H17NO2. The molecule has 1 atom stereocenters. The minimum atomic E-state index is -0.316. The average Bonchev–Trinajstić information content (AvgIpc) is 2.30. The number of ether oxygens (including phenoxy) is 1. The van der Waals surface area contributed by atoms with Crippen LogP contribution < -0.4 is 10.1 Å². The third-order valence-electron chi connectivity index (χ3n) is 2.97. The van der Waals surface area contributed by atoms with Gasteiger partial charge in [0.1, 0.15) is 5.75 Å². The van der Waals surface area contributed by atoms with Gasteiger partial charge in [0.25, 0.3) is 0 Å². The largest absolute Gasteiger partial charge is 0.493 e. The van der Waals surface area contributed by atoms with Gasteiger partial charge in [-0.2, -0.15) is 0 Å². The van der Waals surface area contributed by atoms with E-state index >= 15 is 0 Å². The summed E-state index contributed by atoms with van der Waals surface area (Å²) >= 11 is 0. The minimum absolute atomic E-state index is 0.112. The first-order valence-electron chi connectivity index (χ1n) is 5.40. The van der Waals surface area contributed by atoms with Gasteiger partial charge in [0.2, 0.25) is 0 Å². The summed E-state index contributed by atoms with van der Waals surface area (Å²) in [5, 5.41) is 13.0. The van der Waals surface area contributed by atoms with E-state index in [4.69, 9.17) is 4.74 Å². The first-order valence-corrected chi connectivity index (χ1v) is 5.40. The van der Waals surface area contributed by atoms with Crippen LogP contribution in [0.2, 0.25) is 0 Å². The first kappa shape index (κ1) is 10.5. The number of hydrogen-bond donors (Lipinski definition) is 2. The zero-order chi connectivity index (χ0) is 10.7. The Balaban J connectivity index is 2.42. The third-order valence-corrected chi connectivity index (χ3v) is 2.97. The standard InChI is InChI=1S/C12H17NO2/c1-2-13-12(9-14)7-8-15-11-6-4-3-5-10(11)12/h3-6,13-14H,2,7-9H2,1H3. The van der Waals surface area contributed by atoms with Gasteiger partial charge in [-0.15, -0.1) is 0 Å². The van der Waals surface area contributed by atoms with Crippen molar-refractivity contribution in [3.05, 3.63) is 29.8 Å². The molecular weight excluding hydrogens is 190 g/mol. The lowest BCUT2D eigenvalue weighted by atomic mass is 9.85. The fourth-order valence-corrected chi connectivity index (χ4v) is 2.20. The predicted molar refractivity (Wildman–Crippen MR) is 59.0 cm³/mol. The summed E-state index contributed by atoms with van der Waals surface area (Å²) in [6.45, 7) is 3.66. The van der Waals surface area contributed by atoms with Gasteiger partial charge in [-0.05, 0) is 12.6 Å². The van der Waals surface area contributed by atoms with Crippen molar-refractivity contribution in [3.63, 3.8) is 0 Å². The zero-order valence-corrected chi connectivity index (χ0v) is 8.99. The molecule has 0 amide bonds. The molecule has 0 saturated carbocycles. The highest BCUT2D eigenvalue weighted by Crippen LogP contribution is 2.36. The van der Waals surface area contributed by atoms with Gasteiger partial charge >= 0.3 is 0 Å². The zero-order valence-electron chi connectivity index (χ0n) is 8.99. The molecule has 0 radical (unpaired) electrons. The van der Waals surface area contributed by atoms with E-state index in [0.29, 0.717) is 6.61 Å². The normalized spacial score (nSPS) is 24.4. The number of aliphatic hydroxyl groups is 1. The maximum absolute atomic E-state index is 9.60. The van der Waals surface area contributed by atoms with Crippen molar-refractivity contribution in [2.24, 2.45) is 0 Å². The first-order chi connectivity index (χ1) is 7.32. The number of fused-ring (bicyclic) bond motifs is 1. The minimum Gasteiger partial charge on any atom is -0.493 e. The lowest BCUT2D eigenvalue weighted by molar-refractivity contribution is 0.109. The number of aliphatic hydroxyl groups excluding tert-OH is 1. The lowest BCUT2D eigenvalue weighted by Gasteiger charge is -2.38. The van der Waals surface area contributed by atoms with Crippen molar-refractivity contribution in [2.45, 2.75) is 18.9 Å². The summed E-state index contributed by atoms with van der Waals surface area (Å²) in [6, 6.07) is 7.91. The summed E-state index contributed by atoms with van der Waals surface area (Å²) in [5.41, 5.74) is 0.754.